The second-order valence-corrected chi connectivity index (χ2v) is 4.50. The summed E-state index contributed by atoms with van der Waals surface area (Å²) >= 11 is 0. The van der Waals surface area contributed by atoms with Gasteiger partial charge in [-0.15, -0.1) is 0 Å². The van der Waals surface area contributed by atoms with Crippen molar-refractivity contribution < 1.29 is 4.74 Å². The molecule has 1 aromatic rings. The summed E-state index contributed by atoms with van der Waals surface area (Å²) < 4.78 is 5.22. The van der Waals surface area contributed by atoms with Crippen molar-refractivity contribution >= 4 is 0 Å². The minimum absolute atomic E-state index is 0.0398. The zero-order chi connectivity index (χ0) is 12.8. The van der Waals surface area contributed by atoms with Crippen LogP contribution in [-0.2, 0) is 0 Å². The van der Waals surface area contributed by atoms with Gasteiger partial charge in [-0.25, -0.2) is 0 Å². The van der Waals surface area contributed by atoms with Crippen molar-refractivity contribution in [2.45, 2.75) is 19.3 Å². The van der Waals surface area contributed by atoms with E-state index in [2.05, 4.69) is 11.0 Å². The minimum Gasteiger partial charge on any atom is -0.496 e. The van der Waals surface area contributed by atoms with Crippen molar-refractivity contribution in [3.63, 3.8) is 0 Å². The van der Waals surface area contributed by atoms with Gasteiger partial charge in [0.1, 0.15) is 5.75 Å². The highest BCUT2D eigenvalue weighted by Crippen LogP contribution is 2.25. The van der Waals surface area contributed by atoms with Crippen molar-refractivity contribution in [2.24, 2.45) is 0 Å². The second kappa shape index (κ2) is 6.27. The molecule has 3 heteroatoms. The summed E-state index contributed by atoms with van der Waals surface area (Å²) in [7, 11) is 5.71. The lowest BCUT2D eigenvalue weighted by molar-refractivity contribution is 0.393. The molecular formula is C14H20N2O. The number of aryl methyl sites for hydroxylation is 1. The highest BCUT2D eigenvalue weighted by molar-refractivity contribution is 5.39. The number of hydrogen-bond acceptors (Lipinski definition) is 3. The predicted octanol–water partition coefficient (Wildman–Crippen LogP) is 2.56. The first-order chi connectivity index (χ1) is 8.08. The molecule has 0 fully saturated rings. The topological polar surface area (TPSA) is 36.3 Å². The van der Waals surface area contributed by atoms with Crippen LogP contribution in [0.25, 0.3) is 0 Å². The second-order valence-electron chi connectivity index (χ2n) is 4.50. The van der Waals surface area contributed by atoms with Crippen LogP contribution in [0.4, 0.5) is 0 Å². The van der Waals surface area contributed by atoms with Crippen LogP contribution in [0.15, 0.2) is 18.2 Å². The SMILES string of the molecule is COc1ccc(C(C#N)CCN(C)C)cc1C. The Kier molecular flexibility index (Phi) is 4.99. The third kappa shape index (κ3) is 3.76. The Bertz CT molecular complexity index is 407. The first-order valence-electron chi connectivity index (χ1n) is 5.77. The van der Waals surface area contributed by atoms with Crippen molar-refractivity contribution in [1.29, 1.82) is 5.26 Å². The summed E-state index contributed by atoms with van der Waals surface area (Å²) in [5.74, 6) is 0.833. The lowest BCUT2D eigenvalue weighted by Crippen LogP contribution is -2.15. The van der Waals surface area contributed by atoms with Gasteiger partial charge in [-0.05, 0) is 51.2 Å². The van der Waals surface area contributed by atoms with Crippen LogP contribution in [0.2, 0.25) is 0 Å². The quantitative estimate of drug-likeness (QED) is 0.782. The van der Waals surface area contributed by atoms with Gasteiger partial charge < -0.3 is 9.64 Å². The molecule has 0 aliphatic rings. The smallest absolute Gasteiger partial charge is 0.121 e. The number of benzene rings is 1. The van der Waals surface area contributed by atoms with E-state index < -0.39 is 0 Å². The highest BCUT2D eigenvalue weighted by Gasteiger charge is 2.12. The average Bonchev–Trinajstić information content (AvgIpc) is 2.29. The lowest BCUT2D eigenvalue weighted by Gasteiger charge is -2.15. The van der Waals surface area contributed by atoms with Gasteiger partial charge in [0, 0.05) is 0 Å². The lowest BCUT2D eigenvalue weighted by atomic mass is 9.95. The maximum atomic E-state index is 9.21. The zero-order valence-corrected chi connectivity index (χ0v) is 11.0. The van der Waals surface area contributed by atoms with E-state index in [0.717, 1.165) is 29.8 Å². The Morgan fingerprint density at radius 3 is 2.59 bits per heavy atom. The molecule has 0 radical (unpaired) electrons. The molecule has 0 amide bonds. The maximum Gasteiger partial charge on any atom is 0.121 e. The summed E-state index contributed by atoms with van der Waals surface area (Å²) in [5, 5.41) is 9.21. The molecule has 3 nitrogen and oxygen atoms in total. The van der Waals surface area contributed by atoms with Crippen molar-refractivity contribution in [3.05, 3.63) is 29.3 Å². The molecule has 1 atom stereocenters. The third-order valence-corrected chi connectivity index (χ3v) is 2.84. The monoisotopic (exact) mass is 232 g/mol. The summed E-state index contributed by atoms with van der Waals surface area (Å²) in [6.07, 6.45) is 0.856. The van der Waals surface area contributed by atoms with Gasteiger partial charge >= 0.3 is 0 Å². The minimum atomic E-state index is -0.0398. The molecule has 0 aromatic heterocycles. The average molecular weight is 232 g/mol. The number of ether oxygens (including phenoxy) is 1. The molecule has 0 aliphatic carbocycles. The predicted molar refractivity (Wildman–Crippen MR) is 69.3 cm³/mol. The van der Waals surface area contributed by atoms with Crippen molar-refractivity contribution in [3.8, 4) is 11.8 Å². The Balaban J connectivity index is 2.83. The fourth-order valence-electron chi connectivity index (χ4n) is 1.81. The van der Waals surface area contributed by atoms with Gasteiger partial charge in [-0.2, -0.15) is 5.26 Å². The Morgan fingerprint density at radius 2 is 2.12 bits per heavy atom. The van der Waals surface area contributed by atoms with Gasteiger partial charge in [0.15, 0.2) is 0 Å². The molecule has 0 bridgehead atoms. The number of rotatable bonds is 5. The van der Waals surface area contributed by atoms with E-state index in [0.29, 0.717) is 0 Å². The van der Waals surface area contributed by atoms with E-state index in [4.69, 9.17) is 4.74 Å². The largest absolute Gasteiger partial charge is 0.496 e. The Morgan fingerprint density at radius 1 is 1.41 bits per heavy atom. The highest BCUT2D eigenvalue weighted by atomic mass is 16.5. The van der Waals surface area contributed by atoms with Gasteiger partial charge in [-0.3, -0.25) is 0 Å². The van der Waals surface area contributed by atoms with E-state index in [1.165, 1.54) is 0 Å². The maximum absolute atomic E-state index is 9.21. The molecule has 92 valence electrons. The molecule has 1 rings (SSSR count). The standard InChI is InChI=1S/C14H20N2O/c1-11-9-12(5-6-14(11)17-4)13(10-15)7-8-16(2)3/h5-6,9,13H,7-8H2,1-4H3. The van der Waals surface area contributed by atoms with Crippen LogP contribution >= 0.6 is 0 Å². The van der Waals surface area contributed by atoms with Crippen molar-refractivity contribution in [2.75, 3.05) is 27.7 Å². The molecule has 0 saturated carbocycles. The van der Waals surface area contributed by atoms with Crippen LogP contribution in [0, 0.1) is 18.3 Å². The van der Waals surface area contributed by atoms with Crippen LogP contribution in [-0.4, -0.2) is 32.6 Å². The fourth-order valence-corrected chi connectivity index (χ4v) is 1.81. The molecule has 0 spiro atoms. The molecule has 0 N–H and O–H groups in total. The Hall–Kier alpha value is -1.53. The molecule has 1 unspecified atom stereocenters. The molecule has 0 aliphatic heterocycles. The van der Waals surface area contributed by atoms with Gasteiger partial charge in [0.25, 0.3) is 0 Å². The molecule has 0 saturated heterocycles. The normalized spacial score (nSPS) is 12.2. The molecule has 1 aromatic carbocycles. The van der Waals surface area contributed by atoms with Crippen LogP contribution < -0.4 is 4.74 Å². The number of nitrogens with zero attached hydrogens (tertiary/aromatic N) is 2. The number of nitriles is 1. The van der Waals surface area contributed by atoms with Crippen LogP contribution in [0.3, 0.4) is 0 Å². The van der Waals surface area contributed by atoms with E-state index in [9.17, 15) is 5.26 Å². The van der Waals surface area contributed by atoms with Crippen LogP contribution in [0.1, 0.15) is 23.5 Å². The number of methoxy groups -OCH3 is 1. The number of hydrogen-bond donors (Lipinski definition) is 0. The first kappa shape index (κ1) is 13.5. The van der Waals surface area contributed by atoms with Gasteiger partial charge in [0.2, 0.25) is 0 Å². The van der Waals surface area contributed by atoms with Gasteiger partial charge in [-0.1, -0.05) is 12.1 Å². The third-order valence-electron chi connectivity index (χ3n) is 2.84. The summed E-state index contributed by atoms with van der Waals surface area (Å²) in [6, 6.07) is 8.33. The molecule has 0 heterocycles. The molecule has 17 heavy (non-hydrogen) atoms. The summed E-state index contributed by atoms with van der Waals surface area (Å²) in [5.41, 5.74) is 2.16. The van der Waals surface area contributed by atoms with Crippen LogP contribution in [0.5, 0.6) is 5.75 Å². The van der Waals surface area contributed by atoms with Crippen molar-refractivity contribution in [1.82, 2.24) is 4.90 Å². The Labute approximate surface area is 104 Å². The van der Waals surface area contributed by atoms with E-state index >= 15 is 0 Å². The van der Waals surface area contributed by atoms with E-state index in [1.807, 2.05) is 39.2 Å². The van der Waals surface area contributed by atoms with Gasteiger partial charge in [0.05, 0.1) is 19.1 Å². The van der Waals surface area contributed by atoms with E-state index in [1.54, 1.807) is 7.11 Å². The fraction of sp³-hybridized carbons (Fsp3) is 0.500. The first-order valence-corrected chi connectivity index (χ1v) is 5.77. The van der Waals surface area contributed by atoms with E-state index in [-0.39, 0.29) is 5.92 Å². The molecular weight excluding hydrogens is 212 g/mol. The summed E-state index contributed by atoms with van der Waals surface area (Å²) in [4.78, 5) is 2.10. The zero-order valence-electron chi connectivity index (χ0n) is 11.0. The summed E-state index contributed by atoms with van der Waals surface area (Å²) in [6.45, 7) is 2.92.